The van der Waals surface area contributed by atoms with Crippen LogP contribution < -0.4 is 5.73 Å². The highest BCUT2D eigenvalue weighted by molar-refractivity contribution is 4.94. The molecule has 0 bridgehead atoms. The molecule has 1 rings (SSSR count). The van der Waals surface area contributed by atoms with E-state index in [0.717, 1.165) is 19.4 Å². The number of rotatable bonds is 4. The lowest BCUT2D eigenvalue weighted by Crippen LogP contribution is -2.46. The van der Waals surface area contributed by atoms with Gasteiger partial charge in [-0.3, -0.25) is 0 Å². The number of aliphatic hydroxyl groups excluding tert-OH is 1. The predicted octanol–water partition coefficient (Wildman–Crippen LogP) is 1.28. The first kappa shape index (κ1) is 9.01. The van der Waals surface area contributed by atoms with Crippen LogP contribution in [0.25, 0.3) is 0 Å². The molecule has 0 spiro atoms. The molecule has 0 aromatic carbocycles. The summed E-state index contributed by atoms with van der Waals surface area (Å²) >= 11 is 0. The molecule has 0 aromatic heterocycles. The van der Waals surface area contributed by atoms with Crippen molar-refractivity contribution in [1.82, 2.24) is 0 Å². The van der Waals surface area contributed by atoms with Gasteiger partial charge in [-0.15, -0.1) is 0 Å². The van der Waals surface area contributed by atoms with Gasteiger partial charge < -0.3 is 10.8 Å². The summed E-state index contributed by atoms with van der Waals surface area (Å²) in [5.41, 5.74) is 5.98. The van der Waals surface area contributed by atoms with E-state index >= 15 is 0 Å². The van der Waals surface area contributed by atoms with Crippen molar-refractivity contribution in [3.05, 3.63) is 0 Å². The molecular weight excluding hydrogens is 138 g/mol. The minimum Gasteiger partial charge on any atom is -0.393 e. The molecule has 0 unspecified atom stereocenters. The van der Waals surface area contributed by atoms with Crippen LogP contribution in [0.5, 0.6) is 0 Å². The van der Waals surface area contributed by atoms with Gasteiger partial charge in [-0.25, -0.2) is 0 Å². The monoisotopic (exact) mass is 157 g/mol. The zero-order chi connectivity index (χ0) is 8.32. The van der Waals surface area contributed by atoms with Crippen molar-refractivity contribution in [2.75, 3.05) is 6.54 Å². The van der Waals surface area contributed by atoms with Crippen LogP contribution in [-0.4, -0.2) is 17.8 Å². The summed E-state index contributed by atoms with van der Waals surface area (Å²) in [5.74, 6) is 0. The Morgan fingerprint density at radius 2 is 2.18 bits per heavy atom. The van der Waals surface area contributed by atoms with Gasteiger partial charge in [-0.2, -0.15) is 0 Å². The summed E-state index contributed by atoms with van der Waals surface area (Å²) in [6.07, 6.45) is 5.50. The standard InChI is InChI=1S/C9H19NO/c1-2-3-4-9(7-10)5-8(11)6-9/h8,11H,2-7,10H2,1H3. The van der Waals surface area contributed by atoms with Gasteiger partial charge in [0.15, 0.2) is 0 Å². The molecular formula is C9H19NO. The van der Waals surface area contributed by atoms with E-state index in [1.165, 1.54) is 19.3 Å². The van der Waals surface area contributed by atoms with Gasteiger partial charge in [0.25, 0.3) is 0 Å². The molecule has 0 aromatic rings. The third-order valence-electron chi connectivity index (χ3n) is 2.83. The zero-order valence-corrected chi connectivity index (χ0v) is 7.34. The normalized spacial score (nSPS) is 36.8. The van der Waals surface area contributed by atoms with Crippen LogP contribution in [0, 0.1) is 5.41 Å². The van der Waals surface area contributed by atoms with E-state index in [-0.39, 0.29) is 6.10 Å². The Labute approximate surface area is 68.8 Å². The first-order valence-corrected chi connectivity index (χ1v) is 4.60. The molecule has 0 saturated heterocycles. The second-order valence-electron chi connectivity index (χ2n) is 3.87. The molecule has 3 N–H and O–H groups in total. The van der Waals surface area contributed by atoms with Crippen LogP contribution in [0.1, 0.15) is 39.0 Å². The Morgan fingerprint density at radius 3 is 2.55 bits per heavy atom. The maximum Gasteiger partial charge on any atom is 0.0551 e. The van der Waals surface area contributed by atoms with Crippen LogP contribution in [0.2, 0.25) is 0 Å². The van der Waals surface area contributed by atoms with Crippen molar-refractivity contribution in [3.63, 3.8) is 0 Å². The number of nitrogens with two attached hydrogens (primary N) is 1. The summed E-state index contributed by atoms with van der Waals surface area (Å²) in [4.78, 5) is 0. The fourth-order valence-corrected chi connectivity index (χ4v) is 1.96. The fraction of sp³-hybridized carbons (Fsp3) is 1.00. The van der Waals surface area contributed by atoms with E-state index in [1.807, 2.05) is 0 Å². The first-order valence-electron chi connectivity index (χ1n) is 4.60. The van der Waals surface area contributed by atoms with Gasteiger partial charge >= 0.3 is 0 Å². The Hall–Kier alpha value is -0.0800. The van der Waals surface area contributed by atoms with Gasteiger partial charge in [-0.1, -0.05) is 19.8 Å². The lowest BCUT2D eigenvalue weighted by atomic mass is 9.64. The number of hydrogen-bond acceptors (Lipinski definition) is 2. The van der Waals surface area contributed by atoms with Gasteiger partial charge in [0.05, 0.1) is 6.10 Å². The minimum absolute atomic E-state index is 0.0598. The van der Waals surface area contributed by atoms with E-state index in [9.17, 15) is 0 Å². The quantitative estimate of drug-likeness (QED) is 0.645. The highest BCUT2D eigenvalue weighted by Crippen LogP contribution is 2.44. The Morgan fingerprint density at radius 1 is 1.55 bits per heavy atom. The molecule has 0 radical (unpaired) electrons. The number of hydrogen-bond donors (Lipinski definition) is 2. The molecule has 2 nitrogen and oxygen atoms in total. The second-order valence-corrected chi connectivity index (χ2v) is 3.87. The summed E-state index contributed by atoms with van der Waals surface area (Å²) < 4.78 is 0. The van der Waals surface area contributed by atoms with Crippen molar-refractivity contribution in [2.45, 2.75) is 45.1 Å². The molecule has 0 aliphatic heterocycles. The van der Waals surface area contributed by atoms with Crippen molar-refractivity contribution >= 4 is 0 Å². The van der Waals surface area contributed by atoms with Crippen LogP contribution in [0.4, 0.5) is 0 Å². The first-order chi connectivity index (χ1) is 5.22. The largest absolute Gasteiger partial charge is 0.393 e. The second kappa shape index (κ2) is 3.55. The molecule has 11 heavy (non-hydrogen) atoms. The van der Waals surface area contributed by atoms with Gasteiger partial charge in [0.2, 0.25) is 0 Å². The fourth-order valence-electron chi connectivity index (χ4n) is 1.96. The maximum absolute atomic E-state index is 9.16. The molecule has 0 atom stereocenters. The lowest BCUT2D eigenvalue weighted by molar-refractivity contribution is -0.0325. The zero-order valence-electron chi connectivity index (χ0n) is 7.34. The smallest absolute Gasteiger partial charge is 0.0551 e. The Kier molecular flexibility index (Phi) is 2.90. The highest BCUT2D eigenvalue weighted by Gasteiger charge is 2.41. The van der Waals surface area contributed by atoms with E-state index in [0.29, 0.717) is 5.41 Å². The van der Waals surface area contributed by atoms with Crippen LogP contribution in [-0.2, 0) is 0 Å². The molecule has 1 aliphatic rings. The third-order valence-corrected chi connectivity index (χ3v) is 2.83. The van der Waals surface area contributed by atoms with Crippen molar-refractivity contribution in [3.8, 4) is 0 Å². The van der Waals surface area contributed by atoms with Gasteiger partial charge in [0, 0.05) is 0 Å². The highest BCUT2D eigenvalue weighted by atomic mass is 16.3. The predicted molar refractivity (Wildman–Crippen MR) is 46.3 cm³/mol. The van der Waals surface area contributed by atoms with E-state index in [2.05, 4.69) is 6.92 Å². The SMILES string of the molecule is CCCCC1(CN)CC(O)C1. The number of unbranched alkanes of at least 4 members (excludes halogenated alkanes) is 1. The van der Waals surface area contributed by atoms with Gasteiger partial charge in [0.1, 0.15) is 0 Å². The maximum atomic E-state index is 9.16. The Bertz CT molecular complexity index is 119. The Balaban J connectivity index is 2.26. The summed E-state index contributed by atoms with van der Waals surface area (Å²) in [6.45, 7) is 2.95. The van der Waals surface area contributed by atoms with Gasteiger partial charge in [-0.05, 0) is 31.2 Å². The van der Waals surface area contributed by atoms with E-state index in [4.69, 9.17) is 10.8 Å². The molecule has 1 fully saturated rings. The topological polar surface area (TPSA) is 46.2 Å². The number of aliphatic hydroxyl groups is 1. The minimum atomic E-state index is -0.0598. The van der Waals surface area contributed by atoms with Crippen LogP contribution in [0.3, 0.4) is 0 Å². The lowest BCUT2D eigenvalue weighted by Gasteiger charge is -2.45. The van der Waals surface area contributed by atoms with Crippen molar-refractivity contribution < 1.29 is 5.11 Å². The molecule has 0 amide bonds. The summed E-state index contributed by atoms with van der Waals surface area (Å²) in [6, 6.07) is 0. The van der Waals surface area contributed by atoms with Crippen molar-refractivity contribution in [1.29, 1.82) is 0 Å². The summed E-state index contributed by atoms with van der Waals surface area (Å²) in [5, 5.41) is 9.16. The van der Waals surface area contributed by atoms with Crippen LogP contribution in [0.15, 0.2) is 0 Å². The molecule has 1 aliphatic carbocycles. The average molecular weight is 157 g/mol. The van der Waals surface area contributed by atoms with Crippen LogP contribution >= 0.6 is 0 Å². The summed E-state index contributed by atoms with van der Waals surface area (Å²) in [7, 11) is 0. The van der Waals surface area contributed by atoms with E-state index < -0.39 is 0 Å². The van der Waals surface area contributed by atoms with E-state index in [1.54, 1.807) is 0 Å². The molecule has 66 valence electrons. The molecule has 0 heterocycles. The average Bonchev–Trinajstić information content (AvgIpc) is 1.96. The molecule has 2 heteroatoms. The van der Waals surface area contributed by atoms with Crippen molar-refractivity contribution in [2.24, 2.45) is 11.1 Å². The third kappa shape index (κ3) is 1.94. The molecule has 1 saturated carbocycles.